The second-order valence-corrected chi connectivity index (χ2v) is 7.06. The van der Waals surface area contributed by atoms with Gasteiger partial charge in [-0.25, -0.2) is 0 Å². The van der Waals surface area contributed by atoms with Gasteiger partial charge in [-0.05, 0) is 23.8 Å². The van der Waals surface area contributed by atoms with E-state index in [2.05, 4.69) is 4.98 Å². The van der Waals surface area contributed by atoms with Gasteiger partial charge in [0.25, 0.3) is 11.7 Å². The maximum atomic E-state index is 12.8. The number of hydrogen-bond acceptors (Lipinski definition) is 6. The van der Waals surface area contributed by atoms with Crippen LogP contribution in [0.25, 0.3) is 5.76 Å². The van der Waals surface area contributed by atoms with E-state index in [0.29, 0.717) is 5.56 Å². The molecule has 1 amide bonds. The van der Waals surface area contributed by atoms with Gasteiger partial charge in [0.05, 0.1) is 35.4 Å². The fourth-order valence-electron chi connectivity index (χ4n) is 3.23. The molecular formula is C20H18Cl2N2O5. The number of benzene rings is 1. The summed E-state index contributed by atoms with van der Waals surface area (Å²) in [5.41, 5.74) is 0.700. The summed E-state index contributed by atoms with van der Waals surface area (Å²) in [4.78, 5) is 30.9. The lowest BCUT2D eigenvalue weighted by molar-refractivity contribution is -0.140. The van der Waals surface area contributed by atoms with Crippen molar-refractivity contribution in [3.63, 3.8) is 0 Å². The Morgan fingerprint density at radius 2 is 1.93 bits per heavy atom. The molecular weight excluding hydrogens is 419 g/mol. The van der Waals surface area contributed by atoms with Gasteiger partial charge in [0.1, 0.15) is 5.76 Å². The zero-order valence-corrected chi connectivity index (χ0v) is 17.2. The van der Waals surface area contributed by atoms with Crippen LogP contribution in [0.4, 0.5) is 0 Å². The molecule has 152 valence electrons. The molecule has 29 heavy (non-hydrogen) atoms. The number of carbonyl (C=O) groups excluding carboxylic acids is 2. The number of carbonyl (C=O) groups is 2. The quantitative estimate of drug-likeness (QED) is 0.423. The highest BCUT2D eigenvalue weighted by molar-refractivity contribution is 6.46. The minimum atomic E-state index is -0.821. The maximum Gasteiger partial charge on any atom is 0.295 e. The summed E-state index contributed by atoms with van der Waals surface area (Å²) in [6.45, 7) is 0.394. The van der Waals surface area contributed by atoms with E-state index >= 15 is 0 Å². The van der Waals surface area contributed by atoms with Crippen LogP contribution in [-0.4, -0.2) is 54.1 Å². The number of rotatable bonds is 6. The molecule has 1 atom stereocenters. The van der Waals surface area contributed by atoms with E-state index in [0.717, 1.165) is 0 Å². The average molecular weight is 437 g/mol. The molecule has 0 saturated carbocycles. The monoisotopic (exact) mass is 436 g/mol. The number of aromatic nitrogens is 1. The molecule has 1 fully saturated rings. The number of halogens is 2. The molecule has 1 saturated heterocycles. The first-order valence-corrected chi connectivity index (χ1v) is 9.37. The lowest BCUT2D eigenvalue weighted by Gasteiger charge is -2.24. The van der Waals surface area contributed by atoms with Gasteiger partial charge in [-0.2, -0.15) is 0 Å². The predicted molar refractivity (Wildman–Crippen MR) is 108 cm³/mol. The van der Waals surface area contributed by atoms with Gasteiger partial charge in [-0.15, -0.1) is 0 Å². The molecule has 0 radical (unpaired) electrons. The van der Waals surface area contributed by atoms with Crippen LogP contribution in [0.5, 0.6) is 5.75 Å². The van der Waals surface area contributed by atoms with Gasteiger partial charge in [-0.3, -0.25) is 14.6 Å². The normalized spacial score (nSPS) is 18.3. The van der Waals surface area contributed by atoms with Crippen molar-refractivity contribution in [2.75, 3.05) is 27.4 Å². The van der Waals surface area contributed by atoms with E-state index < -0.39 is 17.7 Å². The van der Waals surface area contributed by atoms with Crippen molar-refractivity contribution < 1.29 is 24.2 Å². The number of likely N-dealkylation sites (tertiary alicyclic amines) is 1. The highest BCUT2D eigenvalue weighted by Gasteiger charge is 2.46. The third kappa shape index (κ3) is 3.94. The van der Waals surface area contributed by atoms with Gasteiger partial charge in [-0.1, -0.05) is 29.3 Å². The van der Waals surface area contributed by atoms with Crippen LogP contribution in [0.2, 0.25) is 10.0 Å². The summed E-state index contributed by atoms with van der Waals surface area (Å²) in [6.07, 6.45) is 3.12. The molecule has 7 nitrogen and oxygen atoms in total. The van der Waals surface area contributed by atoms with Crippen LogP contribution < -0.4 is 4.74 Å². The van der Waals surface area contributed by atoms with Crippen molar-refractivity contribution in [3.8, 4) is 5.75 Å². The average Bonchev–Trinajstić information content (AvgIpc) is 2.96. The lowest BCUT2D eigenvalue weighted by atomic mass is 9.96. The summed E-state index contributed by atoms with van der Waals surface area (Å²) in [5, 5.41) is 11.3. The van der Waals surface area contributed by atoms with Crippen molar-refractivity contribution >= 4 is 40.7 Å². The number of amides is 1. The van der Waals surface area contributed by atoms with Crippen molar-refractivity contribution in [2.24, 2.45) is 0 Å². The SMILES string of the molecule is COCCN1C(=O)C(=O)/C(=C(/O)c2cc(Cl)c(OC)c(Cl)c2)C1c1cccnc1. The van der Waals surface area contributed by atoms with E-state index in [9.17, 15) is 14.7 Å². The van der Waals surface area contributed by atoms with E-state index in [1.165, 1.54) is 37.4 Å². The lowest BCUT2D eigenvalue weighted by Crippen LogP contribution is -2.32. The molecule has 2 aromatic rings. The number of aliphatic hydroxyl groups is 1. The standard InChI is InChI=1S/C20H18Cl2N2O5/c1-28-7-6-24-16(11-4-3-5-23-10-11)15(18(26)20(24)27)17(25)12-8-13(21)19(29-2)14(22)9-12/h3-5,8-10,16,25H,6-7H2,1-2H3/b17-15+. The number of ketones is 1. The third-order valence-corrected chi connectivity index (χ3v) is 5.11. The summed E-state index contributed by atoms with van der Waals surface area (Å²) >= 11 is 12.3. The molecule has 0 spiro atoms. The van der Waals surface area contributed by atoms with Crippen LogP contribution in [0.15, 0.2) is 42.2 Å². The second-order valence-electron chi connectivity index (χ2n) is 6.24. The Balaban J connectivity index is 2.18. The Hall–Kier alpha value is -2.61. The van der Waals surface area contributed by atoms with Crippen LogP contribution in [0.1, 0.15) is 17.2 Å². The molecule has 1 aliphatic rings. The number of nitrogens with zero attached hydrogens (tertiary/aromatic N) is 2. The molecule has 9 heteroatoms. The largest absolute Gasteiger partial charge is 0.507 e. The molecule has 0 bridgehead atoms. The zero-order chi connectivity index (χ0) is 21.1. The van der Waals surface area contributed by atoms with Crippen LogP contribution >= 0.6 is 23.2 Å². The Labute approximate surface area is 177 Å². The molecule has 1 aliphatic heterocycles. The fourth-order valence-corrected chi connectivity index (χ4v) is 3.87. The summed E-state index contributed by atoms with van der Waals surface area (Å²) in [6, 6.07) is 5.44. The Bertz CT molecular complexity index is 955. The number of Topliss-reactive ketones (excluding diaryl/α,β-unsaturated/α-hetero) is 1. The third-order valence-electron chi connectivity index (χ3n) is 4.55. The van der Waals surface area contributed by atoms with Crippen molar-refractivity contribution in [2.45, 2.75) is 6.04 Å². The molecule has 1 N–H and O–H groups in total. The minimum absolute atomic E-state index is 0.0728. The zero-order valence-electron chi connectivity index (χ0n) is 15.7. The van der Waals surface area contributed by atoms with E-state index in [-0.39, 0.29) is 45.8 Å². The summed E-state index contributed by atoms with van der Waals surface area (Å²) in [5.74, 6) is -1.68. The van der Waals surface area contributed by atoms with Gasteiger partial charge < -0.3 is 19.5 Å². The Kier molecular flexibility index (Phi) is 6.42. The highest BCUT2D eigenvalue weighted by Crippen LogP contribution is 2.41. The van der Waals surface area contributed by atoms with Crippen LogP contribution in [0.3, 0.4) is 0 Å². The summed E-state index contributed by atoms with van der Waals surface area (Å²) in [7, 11) is 2.91. The first kappa shape index (κ1) is 21.1. The van der Waals surface area contributed by atoms with Crippen molar-refractivity contribution in [3.05, 3.63) is 63.4 Å². The Morgan fingerprint density at radius 3 is 2.48 bits per heavy atom. The van der Waals surface area contributed by atoms with Crippen molar-refractivity contribution in [1.29, 1.82) is 0 Å². The number of aliphatic hydroxyl groups excluding tert-OH is 1. The first-order valence-electron chi connectivity index (χ1n) is 8.61. The number of methoxy groups -OCH3 is 2. The second kappa shape index (κ2) is 8.82. The Morgan fingerprint density at radius 1 is 1.24 bits per heavy atom. The molecule has 1 aromatic carbocycles. The van der Waals surface area contributed by atoms with E-state index in [1.807, 2.05) is 0 Å². The van der Waals surface area contributed by atoms with Crippen molar-refractivity contribution in [1.82, 2.24) is 9.88 Å². The molecule has 0 aliphatic carbocycles. The minimum Gasteiger partial charge on any atom is -0.507 e. The topological polar surface area (TPSA) is 89.0 Å². The van der Waals surface area contributed by atoms with Gasteiger partial charge in [0, 0.05) is 31.6 Å². The smallest absolute Gasteiger partial charge is 0.295 e. The van der Waals surface area contributed by atoms with Crippen LogP contribution in [-0.2, 0) is 14.3 Å². The van der Waals surface area contributed by atoms with Crippen LogP contribution in [0, 0.1) is 0 Å². The van der Waals surface area contributed by atoms with E-state index in [1.54, 1.807) is 18.3 Å². The highest BCUT2D eigenvalue weighted by atomic mass is 35.5. The number of ether oxygens (including phenoxy) is 2. The summed E-state index contributed by atoms with van der Waals surface area (Å²) < 4.78 is 10.2. The van der Waals surface area contributed by atoms with Gasteiger partial charge >= 0.3 is 0 Å². The van der Waals surface area contributed by atoms with Gasteiger partial charge in [0.15, 0.2) is 5.75 Å². The number of hydrogen-bond donors (Lipinski definition) is 1. The van der Waals surface area contributed by atoms with E-state index in [4.69, 9.17) is 32.7 Å². The fraction of sp³-hybridized carbons (Fsp3) is 0.250. The first-order chi connectivity index (χ1) is 13.9. The molecule has 2 heterocycles. The maximum absolute atomic E-state index is 12.8. The van der Waals surface area contributed by atoms with Gasteiger partial charge in [0.2, 0.25) is 0 Å². The number of pyridine rings is 1. The predicted octanol–water partition coefficient (Wildman–Crippen LogP) is 3.47. The molecule has 1 aromatic heterocycles. The molecule has 1 unspecified atom stereocenters. The molecule has 3 rings (SSSR count).